The summed E-state index contributed by atoms with van der Waals surface area (Å²) in [5.74, 6) is 0.745. The number of carbonyl (C=O) groups excluding carboxylic acids is 2. The van der Waals surface area contributed by atoms with Gasteiger partial charge in [-0.3, -0.25) is 4.79 Å². The van der Waals surface area contributed by atoms with Crippen LogP contribution in [0.3, 0.4) is 0 Å². The van der Waals surface area contributed by atoms with E-state index in [9.17, 15) is 9.59 Å². The summed E-state index contributed by atoms with van der Waals surface area (Å²) in [6, 6.07) is 6.87. The molecule has 0 aromatic heterocycles. The smallest absolute Gasteiger partial charge is 0.317 e. The first-order valence-electron chi connectivity index (χ1n) is 8.28. The molecule has 0 aliphatic carbocycles. The molecule has 0 saturated carbocycles. The van der Waals surface area contributed by atoms with Crippen molar-refractivity contribution in [3.8, 4) is 5.75 Å². The van der Waals surface area contributed by atoms with Crippen LogP contribution in [0, 0.1) is 0 Å². The van der Waals surface area contributed by atoms with Crippen molar-refractivity contribution in [2.24, 2.45) is 0 Å². The van der Waals surface area contributed by atoms with Crippen molar-refractivity contribution in [2.75, 3.05) is 37.7 Å². The molecule has 24 heavy (non-hydrogen) atoms. The number of benzene rings is 1. The molecule has 7 heteroatoms. The Morgan fingerprint density at radius 3 is 2.67 bits per heavy atom. The number of ether oxygens (including phenoxy) is 1. The normalized spacial score (nSPS) is 17.0. The predicted octanol–water partition coefficient (Wildman–Crippen LogP) is 1.21. The predicted molar refractivity (Wildman–Crippen MR) is 91.2 cm³/mol. The highest BCUT2D eigenvalue weighted by Crippen LogP contribution is 2.24. The number of likely N-dealkylation sites (N-methyl/N-ethyl adjacent to an activating group) is 1. The number of carbonyl (C=O) groups is 2. The van der Waals surface area contributed by atoms with Crippen LogP contribution >= 0.6 is 0 Å². The van der Waals surface area contributed by atoms with Gasteiger partial charge in [-0.15, -0.1) is 0 Å². The van der Waals surface area contributed by atoms with E-state index in [-0.39, 0.29) is 37.6 Å². The van der Waals surface area contributed by atoms with Crippen molar-refractivity contribution in [2.45, 2.75) is 26.3 Å². The van der Waals surface area contributed by atoms with Gasteiger partial charge in [-0.25, -0.2) is 4.79 Å². The maximum Gasteiger partial charge on any atom is 0.317 e. The summed E-state index contributed by atoms with van der Waals surface area (Å²) in [7, 11) is 0. The van der Waals surface area contributed by atoms with Crippen molar-refractivity contribution < 1.29 is 19.4 Å². The average Bonchev–Trinajstić information content (AvgIpc) is 2.93. The molecule has 1 fully saturated rings. The Kier molecular flexibility index (Phi) is 6.43. The summed E-state index contributed by atoms with van der Waals surface area (Å²) in [4.78, 5) is 27.6. The molecule has 0 radical (unpaired) electrons. The third-order valence-electron chi connectivity index (χ3n) is 3.95. The van der Waals surface area contributed by atoms with Gasteiger partial charge in [0.1, 0.15) is 5.75 Å². The quantitative estimate of drug-likeness (QED) is 0.785. The number of anilines is 1. The summed E-state index contributed by atoms with van der Waals surface area (Å²) in [6.45, 7) is 5.51. The van der Waals surface area contributed by atoms with Crippen LogP contribution in [0.1, 0.15) is 20.3 Å². The second-order valence-electron chi connectivity index (χ2n) is 5.59. The summed E-state index contributed by atoms with van der Waals surface area (Å²) in [6.07, 6.45) is 0.273. The van der Waals surface area contributed by atoms with E-state index in [4.69, 9.17) is 9.84 Å². The van der Waals surface area contributed by atoms with Gasteiger partial charge in [-0.05, 0) is 38.1 Å². The Labute approximate surface area is 142 Å². The molecule has 1 aliphatic heterocycles. The molecular formula is C17H25N3O4. The monoisotopic (exact) mass is 335 g/mol. The molecular weight excluding hydrogens is 310 g/mol. The Balaban J connectivity index is 1.96. The van der Waals surface area contributed by atoms with Crippen LogP contribution < -0.4 is 15.0 Å². The van der Waals surface area contributed by atoms with Crippen LogP contribution in [0.5, 0.6) is 5.75 Å². The van der Waals surface area contributed by atoms with E-state index in [1.807, 2.05) is 38.1 Å². The minimum Gasteiger partial charge on any atom is -0.494 e. The van der Waals surface area contributed by atoms with E-state index < -0.39 is 0 Å². The lowest BCUT2D eigenvalue weighted by molar-refractivity contribution is -0.117. The van der Waals surface area contributed by atoms with Crippen molar-refractivity contribution in [1.82, 2.24) is 10.2 Å². The van der Waals surface area contributed by atoms with Crippen LogP contribution in [-0.2, 0) is 4.79 Å². The molecule has 0 unspecified atom stereocenters. The Hall–Kier alpha value is -2.28. The molecule has 2 rings (SSSR count). The summed E-state index contributed by atoms with van der Waals surface area (Å²) < 4.78 is 5.40. The van der Waals surface area contributed by atoms with Gasteiger partial charge in [0.15, 0.2) is 0 Å². The molecule has 1 atom stereocenters. The fourth-order valence-corrected chi connectivity index (χ4v) is 2.73. The third kappa shape index (κ3) is 4.38. The highest BCUT2D eigenvalue weighted by molar-refractivity contribution is 5.96. The van der Waals surface area contributed by atoms with Crippen LogP contribution in [0.25, 0.3) is 0 Å². The van der Waals surface area contributed by atoms with E-state index in [2.05, 4.69) is 5.32 Å². The maximum absolute atomic E-state index is 12.2. The molecule has 0 spiro atoms. The summed E-state index contributed by atoms with van der Waals surface area (Å²) >= 11 is 0. The number of hydrogen-bond donors (Lipinski definition) is 2. The highest BCUT2D eigenvalue weighted by Gasteiger charge is 2.32. The van der Waals surface area contributed by atoms with Crippen molar-refractivity contribution in [3.05, 3.63) is 24.3 Å². The Morgan fingerprint density at radius 2 is 2.08 bits per heavy atom. The minimum absolute atomic E-state index is 0.0188. The second kappa shape index (κ2) is 8.54. The molecule has 0 bridgehead atoms. The number of nitrogens with zero attached hydrogens (tertiary/aromatic N) is 2. The zero-order valence-corrected chi connectivity index (χ0v) is 14.2. The number of rotatable bonds is 7. The first kappa shape index (κ1) is 18.1. The van der Waals surface area contributed by atoms with Crippen LogP contribution in [0.2, 0.25) is 0 Å². The van der Waals surface area contributed by atoms with Gasteiger partial charge in [-0.2, -0.15) is 0 Å². The van der Waals surface area contributed by atoms with E-state index in [0.717, 1.165) is 11.4 Å². The fourth-order valence-electron chi connectivity index (χ4n) is 2.73. The van der Waals surface area contributed by atoms with E-state index in [0.29, 0.717) is 19.7 Å². The van der Waals surface area contributed by atoms with Gasteiger partial charge in [0, 0.05) is 31.7 Å². The summed E-state index contributed by atoms with van der Waals surface area (Å²) in [5.41, 5.74) is 0.794. The number of nitrogens with one attached hydrogen (secondary N) is 1. The van der Waals surface area contributed by atoms with Crippen LogP contribution in [-0.4, -0.2) is 60.8 Å². The summed E-state index contributed by atoms with van der Waals surface area (Å²) in [5, 5.41) is 11.8. The van der Waals surface area contributed by atoms with Crippen molar-refractivity contribution >= 4 is 17.6 Å². The number of urea groups is 1. The average molecular weight is 335 g/mol. The first-order chi connectivity index (χ1) is 11.6. The largest absolute Gasteiger partial charge is 0.494 e. The SMILES string of the molecule is CCOc1ccc(N2C[C@H](NC(=O)N(CC)CCO)CC2=O)cc1. The molecule has 1 aromatic carbocycles. The maximum atomic E-state index is 12.2. The highest BCUT2D eigenvalue weighted by atomic mass is 16.5. The first-order valence-corrected chi connectivity index (χ1v) is 8.28. The van der Waals surface area contributed by atoms with Crippen molar-refractivity contribution in [1.29, 1.82) is 0 Å². The molecule has 1 saturated heterocycles. The minimum atomic E-state index is -0.252. The lowest BCUT2D eigenvalue weighted by Crippen LogP contribution is -2.46. The Morgan fingerprint density at radius 1 is 1.38 bits per heavy atom. The van der Waals surface area contributed by atoms with Crippen molar-refractivity contribution in [3.63, 3.8) is 0 Å². The standard InChI is InChI=1S/C17H25N3O4/c1-3-19(9-10-21)17(23)18-13-11-16(22)20(12-13)14-5-7-15(8-6-14)24-4-2/h5-8,13,21H,3-4,9-12H2,1-2H3,(H,18,23)/t13-/m1/s1. The molecule has 2 N–H and O–H groups in total. The number of amides is 3. The third-order valence-corrected chi connectivity index (χ3v) is 3.95. The number of hydrogen-bond acceptors (Lipinski definition) is 4. The van der Waals surface area contributed by atoms with Gasteiger partial charge in [0.05, 0.1) is 19.3 Å². The molecule has 1 heterocycles. The number of aliphatic hydroxyl groups excluding tert-OH is 1. The molecule has 1 aromatic rings. The van der Waals surface area contributed by atoms with E-state index in [1.165, 1.54) is 4.90 Å². The lowest BCUT2D eigenvalue weighted by Gasteiger charge is -2.23. The van der Waals surface area contributed by atoms with Gasteiger partial charge in [0.25, 0.3) is 0 Å². The zero-order valence-electron chi connectivity index (χ0n) is 14.2. The number of aliphatic hydroxyl groups is 1. The fraction of sp³-hybridized carbons (Fsp3) is 0.529. The van der Waals surface area contributed by atoms with Gasteiger partial charge < -0.3 is 25.0 Å². The van der Waals surface area contributed by atoms with E-state index in [1.54, 1.807) is 4.90 Å². The van der Waals surface area contributed by atoms with Crippen LogP contribution in [0.4, 0.5) is 10.5 Å². The zero-order chi connectivity index (χ0) is 17.5. The molecule has 7 nitrogen and oxygen atoms in total. The molecule has 3 amide bonds. The molecule has 132 valence electrons. The van der Waals surface area contributed by atoms with E-state index >= 15 is 0 Å². The van der Waals surface area contributed by atoms with Crippen LogP contribution in [0.15, 0.2) is 24.3 Å². The van der Waals surface area contributed by atoms with Gasteiger partial charge in [-0.1, -0.05) is 0 Å². The topological polar surface area (TPSA) is 82.1 Å². The van der Waals surface area contributed by atoms with Gasteiger partial charge in [0.2, 0.25) is 5.91 Å². The lowest BCUT2D eigenvalue weighted by atomic mass is 10.2. The van der Waals surface area contributed by atoms with Gasteiger partial charge >= 0.3 is 6.03 Å². The molecule has 1 aliphatic rings. The Bertz CT molecular complexity index is 561. The second-order valence-corrected chi connectivity index (χ2v) is 5.59.